The highest BCUT2D eigenvalue weighted by Gasteiger charge is 2.07. The Bertz CT molecular complexity index is 706. The highest BCUT2D eigenvalue weighted by atomic mass is 79.9. The van der Waals surface area contributed by atoms with Crippen molar-refractivity contribution < 1.29 is 0 Å². The molecule has 0 saturated heterocycles. The molecular weight excluding hydrogens is 374 g/mol. The molecule has 0 spiro atoms. The van der Waals surface area contributed by atoms with Gasteiger partial charge in [0.15, 0.2) is 0 Å². The van der Waals surface area contributed by atoms with Gasteiger partial charge in [-0.2, -0.15) is 0 Å². The summed E-state index contributed by atoms with van der Waals surface area (Å²) in [5.41, 5.74) is 3.51. The summed E-state index contributed by atoms with van der Waals surface area (Å²) in [6.07, 6.45) is 0. The monoisotopic (exact) mass is 381 g/mol. The normalized spacial score (nSPS) is 11.0. The minimum atomic E-state index is 0.882. The van der Waals surface area contributed by atoms with Gasteiger partial charge in [0.05, 0.1) is 10.2 Å². The van der Waals surface area contributed by atoms with Crippen molar-refractivity contribution in [2.75, 3.05) is 0 Å². The number of benzene rings is 2. The molecule has 4 heteroatoms. The van der Waals surface area contributed by atoms with Crippen molar-refractivity contribution >= 4 is 53.4 Å². The van der Waals surface area contributed by atoms with Crippen molar-refractivity contribution in [3.05, 3.63) is 52.5 Å². The van der Waals surface area contributed by atoms with Crippen LogP contribution in [0, 0.1) is 0 Å². The van der Waals surface area contributed by atoms with E-state index in [2.05, 4.69) is 67.2 Å². The average Bonchev–Trinajstić information content (AvgIpc) is 2.81. The van der Waals surface area contributed by atoms with Crippen molar-refractivity contribution in [2.24, 2.45) is 0 Å². The molecule has 0 atom stereocenters. The van der Waals surface area contributed by atoms with Gasteiger partial charge in [-0.3, -0.25) is 0 Å². The van der Waals surface area contributed by atoms with E-state index in [9.17, 15) is 0 Å². The summed E-state index contributed by atoms with van der Waals surface area (Å²) in [5.74, 6) is 0. The molecule has 90 valence electrons. The van der Waals surface area contributed by atoms with Gasteiger partial charge >= 0.3 is 0 Å². The van der Waals surface area contributed by atoms with Crippen LogP contribution in [0.3, 0.4) is 0 Å². The number of rotatable bonds is 2. The van der Waals surface area contributed by atoms with Gasteiger partial charge in [0.25, 0.3) is 0 Å². The molecule has 1 heterocycles. The molecule has 0 aliphatic rings. The van der Waals surface area contributed by atoms with Gasteiger partial charge in [0, 0.05) is 15.4 Å². The maximum atomic E-state index is 4.68. The molecule has 18 heavy (non-hydrogen) atoms. The number of fused-ring (bicyclic) bond motifs is 1. The minimum Gasteiger partial charge on any atom is -0.236 e. The Morgan fingerprint density at radius 3 is 2.78 bits per heavy atom. The third kappa shape index (κ3) is 2.37. The van der Waals surface area contributed by atoms with Gasteiger partial charge < -0.3 is 0 Å². The zero-order valence-corrected chi connectivity index (χ0v) is 13.3. The molecular formula is C14H9Br2NS. The molecule has 0 aliphatic carbocycles. The molecule has 3 aromatic rings. The van der Waals surface area contributed by atoms with Crippen LogP contribution in [0.15, 0.2) is 46.9 Å². The molecule has 0 radical (unpaired) electrons. The Balaban J connectivity index is 2.13. The topological polar surface area (TPSA) is 12.9 Å². The molecule has 0 fully saturated rings. The van der Waals surface area contributed by atoms with Gasteiger partial charge in [-0.05, 0) is 29.8 Å². The molecule has 1 aromatic heterocycles. The number of thiazole rings is 1. The van der Waals surface area contributed by atoms with Crippen LogP contribution in [0.5, 0.6) is 0 Å². The summed E-state index contributed by atoms with van der Waals surface area (Å²) in [5, 5.41) is 1.95. The molecule has 0 aliphatic heterocycles. The Kier molecular flexibility index (Phi) is 3.50. The van der Waals surface area contributed by atoms with Gasteiger partial charge in [-0.15, -0.1) is 11.3 Å². The first kappa shape index (κ1) is 12.3. The number of halogens is 2. The van der Waals surface area contributed by atoms with Crippen molar-refractivity contribution in [3.8, 4) is 10.6 Å². The average molecular weight is 383 g/mol. The standard InChI is InChI=1S/C14H9Br2NS/c15-8-9-4-5-12-13(6-9)18-14(17-12)10-2-1-3-11(16)7-10/h1-7H,8H2. The third-order valence-electron chi connectivity index (χ3n) is 2.68. The Morgan fingerprint density at radius 1 is 1.11 bits per heavy atom. The summed E-state index contributed by atoms with van der Waals surface area (Å²) in [4.78, 5) is 4.68. The highest BCUT2D eigenvalue weighted by Crippen LogP contribution is 2.32. The largest absolute Gasteiger partial charge is 0.236 e. The summed E-state index contributed by atoms with van der Waals surface area (Å²) < 4.78 is 2.32. The summed E-state index contributed by atoms with van der Waals surface area (Å²) in [6.45, 7) is 0. The maximum absolute atomic E-state index is 4.68. The second kappa shape index (κ2) is 5.11. The van der Waals surface area contributed by atoms with E-state index < -0.39 is 0 Å². The SMILES string of the molecule is BrCc1ccc2nc(-c3cccc(Br)c3)sc2c1. The molecule has 1 nitrogen and oxygen atoms in total. The van der Waals surface area contributed by atoms with E-state index in [1.165, 1.54) is 10.3 Å². The second-order valence-corrected chi connectivity index (χ2v) is 6.47. The van der Waals surface area contributed by atoms with Crippen LogP contribution in [0.25, 0.3) is 20.8 Å². The lowest BCUT2D eigenvalue weighted by Gasteiger charge is -1.95. The van der Waals surface area contributed by atoms with Gasteiger partial charge in [-0.25, -0.2) is 4.98 Å². The van der Waals surface area contributed by atoms with Crippen LogP contribution < -0.4 is 0 Å². The van der Waals surface area contributed by atoms with E-state index in [1.807, 2.05) is 12.1 Å². The first-order valence-corrected chi connectivity index (χ1v) is 8.21. The molecule has 0 N–H and O–H groups in total. The van der Waals surface area contributed by atoms with E-state index in [0.29, 0.717) is 0 Å². The number of hydrogen-bond acceptors (Lipinski definition) is 2. The first-order chi connectivity index (χ1) is 8.76. The zero-order valence-electron chi connectivity index (χ0n) is 9.36. The third-order valence-corrected chi connectivity index (χ3v) is 4.89. The first-order valence-electron chi connectivity index (χ1n) is 5.47. The van der Waals surface area contributed by atoms with Gasteiger partial charge in [-0.1, -0.05) is 50.1 Å². The molecule has 3 rings (SSSR count). The molecule has 0 saturated carbocycles. The summed E-state index contributed by atoms with van der Waals surface area (Å²) >= 11 is 8.72. The summed E-state index contributed by atoms with van der Waals surface area (Å²) in [7, 11) is 0. The second-order valence-electron chi connectivity index (χ2n) is 3.97. The predicted molar refractivity (Wildman–Crippen MR) is 85.4 cm³/mol. The Morgan fingerprint density at radius 2 is 2.00 bits per heavy atom. The predicted octanol–water partition coefficient (Wildman–Crippen LogP) is 5.62. The fraction of sp³-hybridized carbons (Fsp3) is 0.0714. The molecule has 0 amide bonds. The number of alkyl halides is 1. The van der Waals surface area contributed by atoms with Gasteiger partial charge in [0.1, 0.15) is 5.01 Å². The van der Waals surface area contributed by atoms with Crippen molar-refractivity contribution in [1.82, 2.24) is 4.98 Å². The smallest absolute Gasteiger partial charge is 0.124 e. The lowest BCUT2D eigenvalue weighted by atomic mass is 10.2. The van der Waals surface area contributed by atoms with E-state index in [4.69, 9.17) is 0 Å². The van der Waals surface area contributed by atoms with Crippen molar-refractivity contribution in [3.63, 3.8) is 0 Å². The van der Waals surface area contributed by atoms with Crippen LogP contribution >= 0.6 is 43.2 Å². The van der Waals surface area contributed by atoms with E-state index >= 15 is 0 Å². The lowest BCUT2D eigenvalue weighted by molar-refractivity contribution is 1.43. The van der Waals surface area contributed by atoms with Crippen molar-refractivity contribution in [1.29, 1.82) is 0 Å². The molecule has 2 aromatic carbocycles. The van der Waals surface area contributed by atoms with Crippen LogP contribution in [0.4, 0.5) is 0 Å². The number of hydrogen-bond donors (Lipinski definition) is 0. The number of nitrogens with zero attached hydrogens (tertiary/aromatic N) is 1. The van der Waals surface area contributed by atoms with Crippen LogP contribution in [0.2, 0.25) is 0 Å². The highest BCUT2D eigenvalue weighted by molar-refractivity contribution is 9.10. The van der Waals surface area contributed by atoms with Gasteiger partial charge in [0.2, 0.25) is 0 Å². The Labute approximate surface area is 126 Å². The Hall–Kier alpha value is -0.710. The van der Waals surface area contributed by atoms with Crippen LogP contribution in [-0.4, -0.2) is 4.98 Å². The zero-order chi connectivity index (χ0) is 12.5. The van der Waals surface area contributed by atoms with E-state index in [-0.39, 0.29) is 0 Å². The van der Waals surface area contributed by atoms with Crippen LogP contribution in [-0.2, 0) is 5.33 Å². The molecule has 0 bridgehead atoms. The fourth-order valence-corrected chi connectivity index (χ4v) is 3.57. The lowest BCUT2D eigenvalue weighted by Crippen LogP contribution is -1.76. The van der Waals surface area contributed by atoms with Crippen molar-refractivity contribution in [2.45, 2.75) is 5.33 Å². The van der Waals surface area contributed by atoms with E-state index in [0.717, 1.165) is 25.9 Å². The fourth-order valence-electron chi connectivity index (χ4n) is 1.80. The quantitative estimate of drug-likeness (QED) is 0.524. The molecule has 0 unspecified atom stereocenters. The minimum absolute atomic E-state index is 0.882. The maximum Gasteiger partial charge on any atom is 0.124 e. The summed E-state index contributed by atoms with van der Waals surface area (Å²) in [6, 6.07) is 14.7. The van der Waals surface area contributed by atoms with Crippen LogP contribution in [0.1, 0.15) is 5.56 Å². The number of aromatic nitrogens is 1. The van der Waals surface area contributed by atoms with E-state index in [1.54, 1.807) is 11.3 Å².